The highest BCUT2D eigenvalue weighted by atomic mass is 16.6. The number of amides is 1. The van der Waals surface area contributed by atoms with Crippen molar-refractivity contribution in [3.8, 4) is 0 Å². The van der Waals surface area contributed by atoms with Crippen molar-refractivity contribution in [1.82, 2.24) is 9.80 Å². The second-order valence-electron chi connectivity index (χ2n) is 12.6. The van der Waals surface area contributed by atoms with E-state index in [2.05, 4.69) is 18.7 Å². The molecule has 0 N–H and O–H groups in total. The molecule has 1 atom stereocenters. The van der Waals surface area contributed by atoms with Gasteiger partial charge in [-0.25, -0.2) is 4.79 Å². The summed E-state index contributed by atoms with van der Waals surface area (Å²) in [7, 11) is 0. The summed E-state index contributed by atoms with van der Waals surface area (Å²) in [6.07, 6.45) is 14.3. The number of ether oxygens (including phenoxy) is 1. The minimum Gasteiger partial charge on any atom is -0.444 e. The maximum Gasteiger partial charge on any atom is 0.410 e. The molecule has 2 saturated carbocycles. The summed E-state index contributed by atoms with van der Waals surface area (Å²) in [4.78, 5) is 25.7. The first-order valence-electron chi connectivity index (χ1n) is 14.2. The molecule has 4 aliphatic rings. The highest BCUT2D eigenvalue weighted by molar-refractivity contribution is 5.72. The molecule has 0 radical (unpaired) electrons. The molecule has 1 amide bonds. The molecule has 198 valence electrons. The average Bonchev–Trinajstić information content (AvgIpc) is 2.65. The van der Waals surface area contributed by atoms with Crippen LogP contribution < -0.4 is 0 Å². The largest absolute Gasteiger partial charge is 0.444 e. The van der Waals surface area contributed by atoms with Crippen LogP contribution in [0.3, 0.4) is 0 Å². The molecule has 0 aromatic rings. The van der Waals surface area contributed by atoms with Crippen LogP contribution in [0.1, 0.15) is 113 Å². The number of Topliss-reactive ketones (excluding diaryl/α,β-unsaturated/α-hetero) is 1. The lowest BCUT2D eigenvalue weighted by atomic mass is 9.73. The highest BCUT2D eigenvalue weighted by Gasteiger charge is 2.38. The predicted molar refractivity (Wildman–Crippen MR) is 141 cm³/mol. The van der Waals surface area contributed by atoms with Crippen LogP contribution in [0.5, 0.6) is 0 Å². The van der Waals surface area contributed by atoms with Gasteiger partial charge in [-0.2, -0.15) is 0 Å². The Bertz CT molecular complexity index is 607. The van der Waals surface area contributed by atoms with Crippen molar-refractivity contribution in [2.45, 2.75) is 124 Å². The fourth-order valence-electron chi connectivity index (χ4n) is 5.70. The zero-order chi connectivity index (χ0) is 25.3. The van der Waals surface area contributed by atoms with Gasteiger partial charge >= 0.3 is 6.09 Å². The highest BCUT2D eigenvalue weighted by Crippen LogP contribution is 2.38. The standard InChI is InChI=1S/C14H25NO2.C12H23N.C3H6O/c1-14(2,3)17-13(16)15-9-12(10-15)11-7-5-4-6-8-11;1-10(2)13-8-4-7-12(9-13)11-5-3-6-11;1-3(2)4/h11-12H,4-10H2,1-3H3;10-12H,3-9H2,1-2H3;1-2H3. The van der Waals surface area contributed by atoms with Crippen LogP contribution in [0.15, 0.2) is 0 Å². The van der Waals surface area contributed by atoms with E-state index in [-0.39, 0.29) is 17.5 Å². The number of carbonyl (C=O) groups is 2. The Morgan fingerprint density at radius 1 is 0.735 bits per heavy atom. The molecule has 4 fully saturated rings. The van der Waals surface area contributed by atoms with Crippen LogP contribution in [-0.4, -0.2) is 59.5 Å². The Morgan fingerprint density at radius 3 is 1.71 bits per heavy atom. The number of rotatable bonds is 3. The van der Waals surface area contributed by atoms with E-state index in [1.54, 1.807) is 0 Å². The molecule has 2 saturated heterocycles. The van der Waals surface area contributed by atoms with Crippen LogP contribution >= 0.6 is 0 Å². The van der Waals surface area contributed by atoms with Crippen LogP contribution in [0.25, 0.3) is 0 Å². The van der Waals surface area contributed by atoms with Gasteiger partial charge in [-0.15, -0.1) is 0 Å². The van der Waals surface area contributed by atoms with Gasteiger partial charge in [0.25, 0.3) is 0 Å². The van der Waals surface area contributed by atoms with Gasteiger partial charge in [0, 0.05) is 25.7 Å². The van der Waals surface area contributed by atoms with Crippen molar-refractivity contribution in [3.05, 3.63) is 0 Å². The van der Waals surface area contributed by atoms with Crippen molar-refractivity contribution in [2.75, 3.05) is 26.2 Å². The lowest BCUT2D eigenvalue weighted by Crippen LogP contribution is -2.54. The monoisotopic (exact) mass is 478 g/mol. The topological polar surface area (TPSA) is 49.9 Å². The van der Waals surface area contributed by atoms with Crippen molar-refractivity contribution in [1.29, 1.82) is 0 Å². The van der Waals surface area contributed by atoms with E-state index in [4.69, 9.17) is 4.74 Å². The summed E-state index contributed by atoms with van der Waals surface area (Å²) in [5.74, 6) is 3.91. The molecule has 4 rings (SSSR count). The fraction of sp³-hybridized carbons (Fsp3) is 0.931. The van der Waals surface area contributed by atoms with Crippen molar-refractivity contribution in [2.24, 2.45) is 23.7 Å². The molecule has 2 aliphatic heterocycles. The van der Waals surface area contributed by atoms with Gasteiger partial charge in [-0.1, -0.05) is 51.4 Å². The van der Waals surface area contributed by atoms with Crippen molar-refractivity contribution < 1.29 is 14.3 Å². The van der Waals surface area contributed by atoms with Crippen molar-refractivity contribution >= 4 is 11.9 Å². The third-order valence-electron chi connectivity index (χ3n) is 7.91. The minimum atomic E-state index is -0.368. The fourth-order valence-corrected chi connectivity index (χ4v) is 5.70. The number of piperidine rings is 1. The number of hydrogen-bond donors (Lipinski definition) is 0. The van der Waals surface area contributed by atoms with Gasteiger partial charge in [0.2, 0.25) is 0 Å². The molecule has 5 heteroatoms. The molecule has 34 heavy (non-hydrogen) atoms. The van der Waals surface area contributed by atoms with E-state index in [1.807, 2.05) is 25.7 Å². The first-order chi connectivity index (χ1) is 16.0. The average molecular weight is 479 g/mol. The van der Waals surface area contributed by atoms with E-state index in [0.29, 0.717) is 0 Å². The zero-order valence-electron chi connectivity index (χ0n) is 23.4. The summed E-state index contributed by atoms with van der Waals surface area (Å²) in [6, 6.07) is 0.767. The minimum absolute atomic E-state index is 0.135. The number of carbonyl (C=O) groups excluding carboxylic acids is 2. The molecule has 2 aliphatic carbocycles. The zero-order valence-corrected chi connectivity index (χ0v) is 23.4. The maximum atomic E-state index is 11.8. The van der Waals surface area contributed by atoms with Gasteiger partial charge in [0.1, 0.15) is 11.4 Å². The second-order valence-corrected chi connectivity index (χ2v) is 12.6. The Morgan fingerprint density at radius 2 is 1.24 bits per heavy atom. The van der Waals surface area contributed by atoms with E-state index < -0.39 is 0 Å². The molecule has 2 heterocycles. The van der Waals surface area contributed by atoms with Gasteiger partial charge in [-0.3, -0.25) is 0 Å². The summed E-state index contributed by atoms with van der Waals surface area (Å²) < 4.78 is 5.36. The van der Waals surface area contributed by atoms with Gasteiger partial charge in [-0.05, 0) is 91.5 Å². The maximum absolute atomic E-state index is 11.8. The Kier molecular flexibility index (Phi) is 11.9. The summed E-state index contributed by atoms with van der Waals surface area (Å²) in [5.41, 5.74) is -0.368. The third-order valence-corrected chi connectivity index (χ3v) is 7.91. The van der Waals surface area contributed by atoms with E-state index in [1.165, 1.54) is 91.1 Å². The normalized spacial score (nSPS) is 24.7. The van der Waals surface area contributed by atoms with Crippen LogP contribution in [0.4, 0.5) is 4.79 Å². The summed E-state index contributed by atoms with van der Waals surface area (Å²) >= 11 is 0. The quantitative estimate of drug-likeness (QED) is 0.441. The first kappa shape index (κ1) is 29.1. The Labute approximate surface area is 210 Å². The molecular formula is C29H54N2O3. The molecule has 0 aromatic carbocycles. The lowest BCUT2D eigenvalue weighted by molar-refractivity contribution is -0.115. The van der Waals surface area contributed by atoms with Gasteiger partial charge < -0.3 is 19.3 Å². The molecule has 1 unspecified atom stereocenters. The molecule has 0 spiro atoms. The first-order valence-corrected chi connectivity index (χ1v) is 14.2. The molecule has 0 bridgehead atoms. The molecular weight excluding hydrogens is 424 g/mol. The van der Waals surface area contributed by atoms with E-state index in [0.717, 1.165) is 42.8 Å². The van der Waals surface area contributed by atoms with Crippen molar-refractivity contribution in [3.63, 3.8) is 0 Å². The predicted octanol–water partition coefficient (Wildman–Crippen LogP) is 6.94. The molecule has 0 aromatic heterocycles. The Balaban J connectivity index is 0.000000213. The number of ketones is 1. The summed E-state index contributed by atoms with van der Waals surface area (Å²) in [6.45, 7) is 18.1. The summed E-state index contributed by atoms with van der Waals surface area (Å²) in [5, 5.41) is 0. The van der Waals surface area contributed by atoms with Crippen LogP contribution in [0.2, 0.25) is 0 Å². The smallest absolute Gasteiger partial charge is 0.410 e. The lowest BCUT2D eigenvalue weighted by Gasteiger charge is -2.44. The van der Waals surface area contributed by atoms with Crippen LogP contribution in [-0.2, 0) is 9.53 Å². The van der Waals surface area contributed by atoms with Gasteiger partial charge in [0.05, 0.1) is 0 Å². The van der Waals surface area contributed by atoms with Crippen LogP contribution in [0, 0.1) is 23.7 Å². The van der Waals surface area contributed by atoms with Gasteiger partial charge in [0.15, 0.2) is 0 Å². The Hall–Kier alpha value is -1.10. The third kappa shape index (κ3) is 10.3. The molecule has 5 nitrogen and oxygen atoms in total. The van der Waals surface area contributed by atoms with E-state index >= 15 is 0 Å². The number of nitrogens with zero attached hydrogens (tertiary/aromatic N) is 2. The SMILES string of the molecule is CC(C)(C)OC(=O)N1CC(C2CCCCC2)C1.CC(C)=O.CC(C)N1CCCC(C2CCC2)C1. The second kappa shape index (κ2) is 13.8. The number of hydrogen-bond acceptors (Lipinski definition) is 4. The van der Waals surface area contributed by atoms with E-state index in [9.17, 15) is 9.59 Å². The number of likely N-dealkylation sites (tertiary alicyclic amines) is 2.